The van der Waals surface area contributed by atoms with Crippen LogP contribution < -0.4 is 9.64 Å². The largest absolute Gasteiger partial charge is 0.495 e. The Balaban J connectivity index is 1.60. The molecule has 3 aliphatic heterocycles. The van der Waals surface area contributed by atoms with E-state index in [4.69, 9.17) is 4.74 Å². The number of hydrogen-bond acceptors (Lipinski definition) is 6. The molecule has 3 heterocycles. The molecule has 30 heavy (non-hydrogen) atoms. The number of allylic oxidation sites excluding steroid dienone is 1. The summed E-state index contributed by atoms with van der Waals surface area (Å²) in [5.41, 5.74) is 0.882. The number of Topliss-reactive ketones (excluding diaryl/α,β-unsaturated/α-hetero) is 1. The summed E-state index contributed by atoms with van der Waals surface area (Å²) in [5, 5.41) is 5.97. The van der Waals surface area contributed by atoms with Crippen molar-refractivity contribution in [1.29, 1.82) is 0 Å². The quantitative estimate of drug-likeness (QED) is 0.580. The van der Waals surface area contributed by atoms with Crippen molar-refractivity contribution >= 4 is 29.5 Å². The van der Waals surface area contributed by atoms with Crippen LogP contribution in [0.5, 0.6) is 5.75 Å². The van der Waals surface area contributed by atoms with Crippen molar-refractivity contribution in [1.82, 2.24) is 5.01 Å². The molecule has 0 unspecified atom stereocenters. The fraction of sp³-hybridized carbons (Fsp3) is 0.217. The fourth-order valence-electron chi connectivity index (χ4n) is 4.66. The Labute approximate surface area is 173 Å². The number of fused-ring (bicyclic) bond motifs is 3. The lowest BCUT2D eigenvalue weighted by Crippen LogP contribution is -2.46. The number of ketones is 1. The van der Waals surface area contributed by atoms with Gasteiger partial charge in [0.15, 0.2) is 5.78 Å². The molecule has 4 atom stereocenters. The summed E-state index contributed by atoms with van der Waals surface area (Å²) in [4.78, 5) is 41.6. The maximum Gasteiger partial charge on any atom is 0.240 e. The number of carbonyl (C=O) groups is 3. The number of hydrazone groups is 1. The average molecular weight is 401 g/mol. The van der Waals surface area contributed by atoms with Crippen LogP contribution >= 0.6 is 0 Å². The molecule has 0 spiro atoms. The van der Waals surface area contributed by atoms with E-state index in [0.717, 1.165) is 0 Å². The molecule has 2 saturated heterocycles. The van der Waals surface area contributed by atoms with Gasteiger partial charge in [0.1, 0.15) is 11.8 Å². The van der Waals surface area contributed by atoms with E-state index in [1.807, 2.05) is 12.1 Å². The minimum absolute atomic E-state index is 0.219. The van der Waals surface area contributed by atoms with Gasteiger partial charge in [0.2, 0.25) is 11.8 Å². The predicted molar refractivity (Wildman–Crippen MR) is 110 cm³/mol. The number of carbonyl (C=O) groups excluding carboxylic acids is 3. The number of ether oxygens (including phenoxy) is 1. The van der Waals surface area contributed by atoms with E-state index in [0.29, 0.717) is 17.0 Å². The van der Waals surface area contributed by atoms with Crippen LogP contribution in [-0.4, -0.2) is 48.0 Å². The van der Waals surface area contributed by atoms with Crippen LogP contribution in [0.3, 0.4) is 0 Å². The maximum absolute atomic E-state index is 13.6. The molecule has 7 heteroatoms. The van der Waals surface area contributed by atoms with Crippen molar-refractivity contribution in [2.24, 2.45) is 16.9 Å². The Bertz CT molecular complexity index is 1090. The highest BCUT2D eigenvalue weighted by atomic mass is 16.5. The Morgan fingerprint density at radius 2 is 1.67 bits per heavy atom. The van der Waals surface area contributed by atoms with Crippen LogP contribution in [0.2, 0.25) is 0 Å². The molecule has 0 aromatic heterocycles. The first-order valence-corrected chi connectivity index (χ1v) is 9.72. The lowest BCUT2D eigenvalue weighted by Gasteiger charge is -2.30. The molecule has 0 saturated carbocycles. The number of amides is 2. The second-order valence-electron chi connectivity index (χ2n) is 7.43. The molecule has 2 amide bonds. The minimum atomic E-state index is -0.847. The van der Waals surface area contributed by atoms with E-state index in [1.54, 1.807) is 65.8 Å². The van der Waals surface area contributed by atoms with Gasteiger partial charge in [-0.05, 0) is 18.2 Å². The second kappa shape index (κ2) is 6.95. The number of anilines is 1. The molecule has 0 aliphatic carbocycles. The molecule has 3 aliphatic rings. The maximum atomic E-state index is 13.6. The molecule has 7 nitrogen and oxygen atoms in total. The third-order valence-electron chi connectivity index (χ3n) is 5.94. The molecule has 150 valence electrons. The van der Waals surface area contributed by atoms with Gasteiger partial charge in [-0.2, -0.15) is 5.10 Å². The average Bonchev–Trinajstić information content (AvgIpc) is 3.26. The first-order valence-electron chi connectivity index (χ1n) is 9.72. The number of benzene rings is 2. The lowest BCUT2D eigenvalue weighted by atomic mass is 9.86. The highest BCUT2D eigenvalue weighted by molar-refractivity contribution is 6.25. The van der Waals surface area contributed by atoms with Crippen LogP contribution in [-0.2, 0) is 9.59 Å². The second-order valence-corrected chi connectivity index (χ2v) is 7.43. The summed E-state index contributed by atoms with van der Waals surface area (Å²) in [5.74, 6) is -2.03. The van der Waals surface area contributed by atoms with E-state index in [-0.39, 0.29) is 11.7 Å². The molecule has 5 rings (SSSR count). The van der Waals surface area contributed by atoms with Crippen molar-refractivity contribution in [3.8, 4) is 5.75 Å². The molecule has 2 aromatic rings. The van der Waals surface area contributed by atoms with Gasteiger partial charge < -0.3 is 4.74 Å². The SMILES string of the molecule is COc1ccccc1N1C(=O)[C@H]2[C@H](C1=O)[C@H](C(=O)c1ccccc1)N1N=CC=C[C@@H]21. The molecule has 0 bridgehead atoms. The number of imide groups is 1. The van der Waals surface area contributed by atoms with Crippen molar-refractivity contribution in [3.63, 3.8) is 0 Å². The Morgan fingerprint density at radius 1 is 0.967 bits per heavy atom. The molecular weight excluding hydrogens is 382 g/mol. The third-order valence-corrected chi connectivity index (χ3v) is 5.94. The topological polar surface area (TPSA) is 79.3 Å². The van der Waals surface area contributed by atoms with Gasteiger partial charge in [-0.3, -0.25) is 19.4 Å². The Kier molecular flexibility index (Phi) is 4.24. The predicted octanol–water partition coefficient (Wildman–Crippen LogP) is 2.29. The number of rotatable bonds is 4. The molecule has 2 fully saturated rings. The first-order chi connectivity index (χ1) is 14.6. The Morgan fingerprint density at radius 3 is 2.43 bits per heavy atom. The van der Waals surface area contributed by atoms with E-state index < -0.39 is 29.8 Å². The van der Waals surface area contributed by atoms with Gasteiger partial charge in [-0.1, -0.05) is 48.5 Å². The van der Waals surface area contributed by atoms with E-state index in [2.05, 4.69) is 5.10 Å². The monoisotopic (exact) mass is 401 g/mol. The van der Waals surface area contributed by atoms with Crippen LogP contribution in [0.4, 0.5) is 5.69 Å². The number of para-hydroxylation sites is 2. The Hall–Kier alpha value is -3.74. The molecular formula is C23H19N3O4. The number of hydrogen-bond donors (Lipinski definition) is 0. The minimum Gasteiger partial charge on any atom is -0.495 e. The third kappa shape index (κ3) is 2.51. The highest BCUT2D eigenvalue weighted by Gasteiger charge is 2.64. The van der Waals surface area contributed by atoms with Crippen molar-refractivity contribution in [2.75, 3.05) is 12.0 Å². The van der Waals surface area contributed by atoms with Crippen LogP contribution in [0, 0.1) is 11.8 Å². The summed E-state index contributed by atoms with van der Waals surface area (Å²) in [6.07, 6.45) is 5.16. The highest BCUT2D eigenvalue weighted by Crippen LogP contribution is 2.47. The van der Waals surface area contributed by atoms with E-state index in [9.17, 15) is 14.4 Å². The molecule has 0 radical (unpaired) electrons. The summed E-state index contributed by atoms with van der Waals surface area (Å²) < 4.78 is 5.37. The number of methoxy groups -OCH3 is 1. The summed E-state index contributed by atoms with van der Waals surface area (Å²) in [6.45, 7) is 0. The van der Waals surface area contributed by atoms with Crippen molar-refractivity contribution in [2.45, 2.75) is 12.1 Å². The van der Waals surface area contributed by atoms with Gasteiger partial charge in [-0.15, -0.1) is 0 Å². The van der Waals surface area contributed by atoms with Gasteiger partial charge in [0.25, 0.3) is 0 Å². The van der Waals surface area contributed by atoms with Crippen LogP contribution in [0.25, 0.3) is 0 Å². The molecule has 2 aromatic carbocycles. The zero-order valence-electron chi connectivity index (χ0n) is 16.2. The van der Waals surface area contributed by atoms with Gasteiger partial charge >= 0.3 is 0 Å². The smallest absolute Gasteiger partial charge is 0.240 e. The first kappa shape index (κ1) is 18.3. The summed E-state index contributed by atoms with van der Waals surface area (Å²) >= 11 is 0. The van der Waals surface area contributed by atoms with Crippen LogP contribution in [0.1, 0.15) is 10.4 Å². The van der Waals surface area contributed by atoms with Crippen LogP contribution in [0.15, 0.2) is 71.9 Å². The van der Waals surface area contributed by atoms with E-state index in [1.165, 1.54) is 12.0 Å². The summed E-state index contributed by atoms with van der Waals surface area (Å²) in [6, 6.07) is 14.4. The fourth-order valence-corrected chi connectivity index (χ4v) is 4.66. The van der Waals surface area contributed by atoms with Gasteiger partial charge in [-0.25, -0.2) is 4.90 Å². The lowest BCUT2D eigenvalue weighted by molar-refractivity contribution is -0.123. The van der Waals surface area contributed by atoms with Crippen molar-refractivity contribution in [3.05, 3.63) is 72.3 Å². The van der Waals surface area contributed by atoms with E-state index >= 15 is 0 Å². The number of nitrogens with zero attached hydrogens (tertiary/aromatic N) is 3. The zero-order valence-corrected chi connectivity index (χ0v) is 16.2. The zero-order chi connectivity index (χ0) is 20.8. The van der Waals surface area contributed by atoms with Gasteiger partial charge in [0, 0.05) is 11.8 Å². The normalized spacial score (nSPS) is 26.7. The van der Waals surface area contributed by atoms with Crippen molar-refractivity contribution < 1.29 is 19.1 Å². The molecule has 0 N–H and O–H groups in total. The van der Waals surface area contributed by atoms with Gasteiger partial charge in [0.05, 0.1) is 30.7 Å². The summed E-state index contributed by atoms with van der Waals surface area (Å²) in [7, 11) is 1.49. The standard InChI is InChI=1S/C23H19N3O4/c1-30-17-12-6-5-10-15(17)25-22(28)18-16-11-7-13-24-26(16)20(19(18)23(25)29)21(27)14-8-3-2-4-9-14/h2-13,16,18-20H,1H3/t16-,18+,19-,20+/m0/s1.